The van der Waals surface area contributed by atoms with E-state index >= 15 is 0 Å². The number of likely N-dealkylation sites (tertiary alicyclic amines) is 1. The molecule has 1 saturated heterocycles. The molecule has 1 heterocycles. The summed E-state index contributed by atoms with van der Waals surface area (Å²) < 4.78 is 0. The molecule has 0 aromatic heterocycles. The van der Waals surface area contributed by atoms with Gasteiger partial charge in [-0.15, -0.1) is 0 Å². The Kier molecular flexibility index (Phi) is 8.43. The quantitative estimate of drug-likeness (QED) is 0.484. The molecular formula is C25H32N4O4. The summed E-state index contributed by atoms with van der Waals surface area (Å²) in [5.74, 6) is -0.610. The predicted molar refractivity (Wildman–Crippen MR) is 128 cm³/mol. The van der Waals surface area contributed by atoms with Gasteiger partial charge in [-0.05, 0) is 68.1 Å². The molecule has 3 amide bonds. The average molecular weight is 453 g/mol. The number of aryl methyl sites for hydroxylation is 1. The van der Waals surface area contributed by atoms with Crippen molar-refractivity contribution in [2.75, 3.05) is 30.3 Å². The summed E-state index contributed by atoms with van der Waals surface area (Å²) in [6.07, 6.45) is 1.90. The third-order valence-electron chi connectivity index (χ3n) is 6.03. The minimum absolute atomic E-state index is 0.0897. The number of nitrogens with one attached hydrogen (secondary N) is 3. The van der Waals surface area contributed by atoms with Gasteiger partial charge >= 0.3 is 12.0 Å². The monoisotopic (exact) mass is 452 g/mol. The van der Waals surface area contributed by atoms with E-state index in [0.717, 1.165) is 42.7 Å². The molecule has 1 fully saturated rings. The number of aliphatic carboxylic acids is 1. The molecule has 0 bridgehead atoms. The van der Waals surface area contributed by atoms with Crippen LogP contribution in [0.3, 0.4) is 0 Å². The van der Waals surface area contributed by atoms with Gasteiger partial charge in [0.1, 0.15) is 0 Å². The average Bonchev–Trinajstić information content (AvgIpc) is 2.78. The van der Waals surface area contributed by atoms with Crippen LogP contribution in [0.2, 0.25) is 0 Å². The Morgan fingerprint density at radius 2 is 1.70 bits per heavy atom. The highest BCUT2D eigenvalue weighted by Crippen LogP contribution is 2.31. The Hall–Kier alpha value is -3.39. The van der Waals surface area contributed by atoms with Crippen LogP contribution in [0.25, 0.3) is 0 Å². The van der Waals surface area contributed by atoms with Gasteiger partial charge in [-0.25, -0.2) is 4.79 Å². The van der Waals surface area contributed by atoms with Crippen LogP contribution in [-0.2, 0) is 9.59 Å². The number of hydrogen-bond donors (Lipinski definition) is 4. The van der Waals surface area contributed by atoms with Crippen LogP contribution in [0.15, 0.2) is 48.5 Å². The van der Waals surface area contributed by atoms with Gasteiger partial charge < -0.3 is 26.0 Å². The zero-order chi connectivity index (χ0) is 23.8. The highest BCUT2D eigenvalue weighted by molar-refractivity contribution is 6.00. The number of carbonyl (C=O) groups is 3. The molecule has 33 heavy (non-hydrogen) atoms. The summed E-state index contributed by atoms with van der Waals surface area (Å²) in [6.45, 7) is 5.63. The molecular weight excluding hydrogens is 420 g/mol. The van der Waals surface area contributed by atoms with Crippen molar-refractivity contribution in [3.63, 3.8) is 0 Å². The number of nitrogens with zero attached hydrogens (tertiary/aromatic N) is 1. The zero-order valence-electron chi connectivity index (χ0n) is 19.1. The Morgan fingerprint density at radius 3 is 2.30 bits per heavy atom. The second kappa shape index (κ2) is 11.5. The van der Waals surface area contributed by atoms with Crippen molar-refractivity contribution >= 4 is 29.3 Å². The van der Waals surface area contributed by atoms with Crippen LogP contribution in [0.1, 0.15) is 43.4 Å². The van der Waals surface area contributed by atoms with E-state index < -0.39 is 5.97 Å². The Morgan fingerprint density at radius 1 is 1.03 bits per heavy atom. The van der Waals surface area contributed by atoms with Crippen LogP contribution in [0.5, 0.6) is 0 Å². The fraction of sp³-hybridized carbons (Fsp3) is 0.400. The second-order valence-electron chi connectivity index (χ2n) is 8.52. The fourth-order valence-corrected chi connectivity index (χ4v) is 4.23. The van der Waals surface area contributed by atoms with Crippen molar-refractivity contribution in [1.29, 1.82) is 0 Å². The third-order valence-corrected chi connectivity index (χ3v) is 6.03. The molecule has 2 aromatic carbocycles. The number of carboxylic acids is 1. The normalized spacial score (nSPS) is 15.5. The van der Waals surface area contributed by atoms with Gasteiger partial charge in [0.05, 0.1) is 12.5 Å². The maximum Gasteiger partial charge on any atom is 0.323 e. The van der Waals surface area contributed by atoms with E-state index in [2.05, 4.69) is 20.9 Å². The van der Waals surface area contributed by atoms with Gasteiger partial charge in [-0.3, -0.25) is 9.59 Å². The summed E-state index contributed by atoms with van der Waals surface area (Å²) >= 11 is 0. The summed E-state index contributed by atoms with van der Waals surface area (Å²) in [7, 11) is 0. The number of carbonyl (C=O) groups excluding carboxylic acids is 2. The van der Waals surface area contributed by atoms with Crippen LogP contribution >= 0.6 is 0 Å². The number of anilines is 2. The van der Waals surface area contributed by atoms with Gasteiger partial charge in [-0.2, -0.15) is 0 Å². The molecule has 4 N–H and O–H groups in total. The van der Waals surface area contributed by atoms with Crippen molar-refractivity contribution in [3.05, 3.63) is 59.7 Å². The molecule has 1 unspecified atom stereocenters. The summed E-state index contributed by atoms with van der Waals surface area (Å²) in [5, 5.41) is 17.7. The Balaban J connectivity index is 1.61. The van der Waals surface area contributed by atoms with Crippen molar-refractivity contribution in [3.8, 4) is 0 Å². The van der Waals surface area contributed by atoms with Gasteiger partial charge in [0.15, 0.2) is 0 Å². The maximum atomic E-state index is 12.4. The summed E-state index contributed by atoms with van der Waals surface area (Å²) in [6, 6.07) is 14.7. The number of para-hydroxylation sites is 1. The minimum Gasteiger partial charge on any atom is -0.481 e. The molecule has 3 rings (SSSR count). The number of rotatable bonds is 8. The van der Waals surface area contributed by atoms with Crippen LogP contribution in [-0.4, -0.2) is 47.5 Å². The Bertz CT molecular complexity index is 969. The van der Waals surface area contributed by atoms with E-state index in [4.69, 9.17) is 5.11 Å². The van der Waals surface area contributed by atoms with Gasteiger partial charge in [-0.1, -0.05) is 30.3 Å². The van der Waals surface area contributed by atoms with Crippen LogP contribution in [0, 0.1) is 12.8 Å². The van der Waals surface area contributed by atoms with E-state index in [-0.39, 0.29) is 30.3 Å². The van der Waals surface area contributed by atoms with Gasteiger partial charge in [0.2, 0.25) is 5.91 Å². The molecule has 0 aliphatic carbocycles. The first kappa shape index (κ1) is 24.3. The number of urea groups is 1. The highest BCUT2D eigenvalue weighted by Gasteiger charge is 2.28. The molecule has 1 aliphatic heterocycles. The molecule has 1 aliphatic rings. The lowest BCUT2D eigenvalue weighted by Gasteiger charge is -2.36. The number of hydrogen-bond acceptors (Lipinski definition) is 4. The minimum atomic E-state index is -0.783. The summed E-state index contributed by atoms with van der Waals surface area (Å²) in [5.41, 5.74) is 3.39. The smallest absolute Gasteiger partial charge is 0.323 e. The first-order chi connectivity index (χ1) is 15.8. The molecule has 8 nitrogen and oxygen atoms in total. The lowest BCUT2D eigenvalue weighted by molar-refractivity contribution is -0.137. The van der Waals surface area contributed by atoms with Crippen molar-refractivity contribution in [2.24, 2.45) is 5.92 Å². The molecule has 1 atom stereocenters. The SMILES string of the molecule is CC(=O)NC(c1ccc(NC(=O)Nc2ccccc2C)cc1)C1CCN(CCC(=O)O)CC1. The van der Waals surface area contributed by atoms with Crippen LogP contribution in [0.4, 0.5) is 16.2 Å². The third kappa shape index (κ3) is 7.32. The van der Waals surface area contributed by atoms with Gasteiger partial charge in [0, 0.05) is 24.8 Å². The van der Waals surface area contributed by atoms with Crippen molar-refractivity contribution in [1.82, 2.24) is 10.2 Å². The lowest BCUT2D eigenvalue weighted by atomic mass is 9.85. The predicted octanol–water partition coefficient (Wildman–Crippen LogP) is 4.00. The first-order valence-corrected chi connectivity index (χ1v) is 11.3. The molecule has 8 heteroatoms. The number of benzene rings is 2. The number of carboxylic acid groups (broad SMARTS) is 1. The maximum absolute atomic E-state index is 12.4. The largest absolute Gasteiger partial charge is 0.481 e. The van der Waals surface area contributed by atoms with Crippen LogP contribution < -0.4 is 16.0 Å². The highest BCUT2D eigenvalue weighted by atomic mass is 16.4. The van der Waals surface area contributed by atoms with Crippen molar-refractivity contribution in [2.45, 2.75) is 39.2 Å². The van der Waals surface area contributed by atoms with E-state index in [1.54, 1.807) is 0 Å². The molecule has 0 saturated carbocycles. The van der Waals surface area contributed by atoms with E-state index in [1.807, 2.05) is 55.5 Å². The second-order valence-corrected chi connectivity index (χ2v) is 8.52. The number of piperidine rings is 1. The van der Waals surface area contributed by atoms with E-state index in [0.29, 0.717) is 12.2 Å². The topological polar surface area (TPSA) is 111 Å². The molecule has 0 spiro atoms. The zero-order valence-corrected chi connectivity index (χ0v) is 19.1. The molecule has 0 radical (unpaired) electrons. The van der Waals surface area contributed by atoms with E-state index in [9.17, 15) is 14.4 Å². The Labute approximate surface area is 194 Å². The molecule has 2 aromatic rings. The lowest BCUT2D eigenvalue weighted by Crippen LogP contribution is -2.40. The first-order valence-electron chi connectivity index (χ1n) is 11.3. The fourth-order valence-electron chi connectivity index (χ4n) is 4.23. The van der Waals surface area contributed by atoms with E-state index in [1.165, 1.54) is 6.92 Å². The summed E-state index contributed by atoms with van der Waals surface area (Å²) in [4.78, 5) is 37.2. The molecule has 176 valence electrons. The number of amides is 3. The standard InChI is InChI=1S/C25H32N4O4/c1-17-5-3-4-6-22(17)28-25(33)27-21-9-7-19(8-10-21)24(26-18(2)30)20-11-14-29(15-12-20)16-13-23(31)32/h3-10,20,24H,11-16H2,1-2H3,(H,26,30)(H,31,32)(H2,27,28,33). The van der Waals surface area contributed by atoms with Crippen molar-refractivity contribution < 1.29 is 19.5 Å². The van der Waals surface area contributed by atoms with Gasteiger partial charge in [0.25, 0.3) is 0 Å².